The molecule has 0 fully saturated rings. The molecule has 6 nitrogen and oxygen atoms in total. The fraction of sp³-hybridized carbons (Fsp3) is 0.133. The van der Waals surface area contributed by atoms with Crippen LogP contribution in [-0.2, 0) is 6.18 Å². The van der Waals surface area contributed by atoms with Gasteiger partial charge in [0.15, 0.2) is 5.82 Å². The van der Waals surface area contributed by atoms with Crippen molar-refractivity contribution in [1.82, 2.24) is 20.2 Å². The molecule has 0 bridgehead atoms. The first kappa shape index (κ1) is 15.9. The lowest BCUT2D eigenvalue weighted by atomic mass is 10.1. The van der Waals surface area contributed by atoms with E-state index in [0.29, 0.717) is 5.69 Å². The highest BCUT2D eigenvalue weighted by atomic mass is 19.4. The highest BCUT2D eigenvalue weighted by Gasteiger charge is 2.31. The summed E-state index contributed by atoms with van der Waals surface area (Å²) in [5.74, 6) is 0.216. The first-order valence-corrected chi connectivity index (χ1v) is 6.88. The Morgan fingerprint density at radius 3 is 2.58 bits per heavy atom. The van der Waals surface area contributed by atoms with Crippen molar-refractivity contribution in [3.63, 3.8) is 0 Å². The Labute approximate surface area is 134 Å². The number of halogens is 3. The van der Waals surface area contributed by atoms with Gasteiger partial charge in [0.2, 0.25) is 5.95 Å². The average Bonchev–Trinajstić information content (AvgIpc) is 3.03. The maximum Gasteiger partial charge on any atom is 0.416 e. The largest absolute Gasteiger partial charge is 0.416 e. The fourth-order valence-corrected chi connectivity index (χ4v) is 2.06. The lowest BCUT2D eigenvalue weighted by Crippen LogP contribution is -2.08. The number of aliphatic hydroxyl groups excluding tert-OH is 1. The van der Waals surface area contributed by atoms with Gasteiger partial charge in [-0.05, 0) is 29.8 Å². The van der Waals surface area contributed by atoms with Gasteiger partial charge in [-0.15, -0.1) is 5.10 Å². The van der Waals surface area contributed by atoms with Gasteiger partial charge in [0, 0.05) is 18.1 Å². The predicted octanol–water partition coefficient (Wildman–Crippen LogP) is 3.04. The quantitative estimate of drug-likeness (QED) is 0.682. The van der Waals surface area contributed by atoms with E-state index in [-0.39, 0.29) is 17.3 Å². The number of aromatic amines is 1. The van der Waals surface area contributed by atoms with E-state index in [0.717, 1.165) is 12.1 Å². The highest BCUT2D eigenvalue weighted by Crippen LogP contribution is 2.31. The molecule has 0 amide bonds. The van der Waals surface area contributed by atoms with Gasteiger partial charge >= 0.3 is 6.18 Å². The Hall–Kier alpha value is -2.94. The van der Waals surface area contributed by atoms with Crippen LogP contribution in [0.15, 0.2) is 48.8 Å². The van der Waals surface area contributed by atoms with E-state index in [1.165, 1.54) is 12.1 Å². The van der Waals surface area contributed by atoms with E-state index in [2.05, 4.69) is 25.5 Å². The number of alkyl halides is 3. The number of rotatable bonds is 4. The number of nitrogens with one attached hydrogen (secondary N) is 2. The predicted molar refractivity (Wildman–Crippen MR) is 79.4 cm³/mol. The van der Waals surface area contributed by atoms with Gasteiger partial charge in [-0.3, -0.25) is 10.1 Å². The standard InChI is InChI=1S/C15H12F3N5O/c16-15(17,18)10-3-1-2-9(8-10)12(24)13-21-14(23-22-13)20-11-4-6-19-7-5-11/h1-8,12,24H,(H2,19,20,21,22,23). The van der Waals surface area contributed by atoms with E-state index in [4.69, 9.17) is 0 Å². The Morgan fingerprint density at radius 1 is 1.12 bits per heavy atom. The molecule has 0 saturated heterocycles. The molecule has 124 valence electrons. The number of anilines is 2. The minimum Gasteiger partial charge on any atom is -0.380 e. The average molecular weight is 335 g/mol. The van der Waals surface area contributed by atoms with Gasteiger partial charge in [-0.25, -0.2) is 0 Å². The topological polar surface area (TPSA) is 86.7 Å². The molecule has 0 spiro atoms. The number of aliphatic hydroxyl groups is 1. The van der Waals surface area contributed by atoms with Gasteiger partial charge in [-0.2, -0.15) is 18.2 Å². The molecule has 3 N–H and O–H groups in total. The molecule has 1 atom stereocenters. The van der Waals surface area contributed by atoms with Gasteiger partial charge < -0.3 is 10.4 Å². The fourth-order valence-electron chi connectivity index (χ4n) is 2.06. The normalized spacial score (nSPS) is 12.8. The number of H-pyrrole nitrogens is 1. The Balaban J connectivity index is 1.80. The third-order valence-electron chi connectivity index (χ3n) is 3.23. The smallest absolute Gasteiger partial charge is 0.380 e. The minimum absolute atomic E-state index is 0.0332. The summed E-state index contributed by atoms with van der Waals surface area (Å²) < 4.78 is 38.2. The second kappa shape index (κ2) is 6.28. The van der Waals surface area contributed by atoms with Crippen molar-refractivity contribution in [3.05, 3.63) is 65.7 Å². The van der Waals surface area contributed by atoms with Gasteiger partial charge in [0.1, 0.15) is 6.10 Å². The molecule has 1 aromatic carbocycles. The molecule has 0 aliphatic carbocycles. The zero-order chi connectivity index (χ0) is 17.2. The van der Waals surface area contributed by atoms with Crippen LogP contribution in [0, 0.1) is 0 Å². The molecule has 0 radical (unpaired) electrons. The summed E-state index contributed by atoms with van der Waals surface area (Å²) in [5.41, 5.74) is -0.0887. The third kappa shape index (κ3) is 3.51. The second-order valence-corrected chi connectivity index (χ2v) is 4.93. The monoisotopic (exact) mass is 335 g/mol. The molecule has 1 unspecified atom stereocenters. The Morgan fingerprint density at radius 2 is 1.88 bits per heavy atom. The molecule has 2 heterocycles. The molecule has 24 heavy (non-hydrogen) atoms. The van der Waals surface area contributed by atoms with Crippen molar-refractivity contribution in [2.24, 2.45) is 0 Å². The zero-order valence-corrected chi connectivity index (χ0v) is 12.1. The maximum atomic E-state index is 12.7. The number of aromatic nitrogens is 4. The third-order valence-corrected chi connectivity index (χ3v) is 3.23. The SMILES string of the molecule is OC(c1cccc(C(F)(F)F)c1)c1nc(Nc2ccncc2)n[nH]1. The highest BCUT2D eigenvalue weighted by molar-refractivity contribution is 5.51. The van der Waals surface area contributed by atoms with Crippen LogP contribution in [0.25, 0.3) is 0 Å². The van der Waals surface area contributed by atoms with Gasteiger partial charge in [0.25, 0.3) is 0 Å². The number of hydrogen-bond donors (Lipinski definition) is 3. The molecule has 9 heteroatoms. The number of nitrogens with zero attached hydrogens (tertiary/aromatic N) is 3. The summed E-state index contributed by atoms with van der Waals surface area (Å²) in [7, 11) is 0. The lowest BCUT2D eigenvalue weighted by molar-refractivity contribution is -0.137. The summed E-state index contributed by atoms with van der Waals surface area (Å²) in [6.07, 6.45) is -2.68. The molecular weight excluding hydrogens is 323 g/mol. The van der Waals surface area contributed by atoms with Crippen molar-refractivity contribution >= 4 is 11.6 Å². The van der Waals surface area contributed by atoms with Crippen LogP contribution in [-0.4, -0.2) is 25.3 Å². The molecule has 0 aliphatic rings. The van der Waals surface area contributed by atoms with Crippen LogP contribution in [0.4, 0.5) is 24.8 Å². The van der Waals surface area contributed by atoms with Crippen molar-refractivity contribution in [1.29, 1.82) is 0 Å². The molecular formula is C15H12F3N5O. The van der Waals surface area contributed by atoms with Crippen LogP contribution < -0.4 is 5.32 Å². The number of hydrogen-bond acceptors (Lipinski definition) is 5. The second-order valence-electron chi connectivity index (χ2n) is 4.93. The van der Waals surface area contributed by atoms with E-state index >= 15 is 0 Å². The summed E-state index contributed by atoms with van der Waals surface area (Å²) >= 11 is 0. The van der Waals surface area contributed by atoms with Crippen LogP contribution >= 0.6 is 0 Å². The van der Waals surface area contributed by atoms with Crippen LogP contribution in [0.1, 0.15) is 23.1 Å². The summed E-state index contributed by atoms with van der Waals surface area (Å²) in [6, 6.07) is 7.82. The number of benzene rings is 1. The van der Waals surface area contributed by atoms with E-state index in [1.54, 1.807) is 24.5 Å². The van der Waals surface area contributed by atoms with Crippen molar-refractivity contribution in [3.8, 4) is 0 Å². The van der Waals surface area contributed by atoms with Gasteiger partial charge in [-0.1, -0.05) is 12.1 Å². The van der Waals surface area contributed by atoms with Crippen LogP contribution in [0.2, 0.25) is 0 Å². The van der Waals surface area contributed by atoms with E-state index in [9.17, 15) is 18.3 Å². The molecule has 3 rings (SSSR count). The Bertz CT molecular complexity index is 819. The lowest BCUT2D eigenvalue weighted by Gasteiger charge is -2.11. The zero-order valence-electron chi connectivity index (χ0n) is 12.1. The Kier molecular flexibility index (Phi) is 4.17. The summed E-state index contributed by atoms with van der Waals surface area (Å²) in [4.78, 5) is 7.91. The molecule has 3 aromatic rings. The van der Waals surface area contributed by atoms with Crippen LogP contribution in [0.5, 0.6) is 0 Å². The van der Waals surface area contributed by atoms with Crippen molar-refractivity contribution in [2.45, 2.75) is 12.3 Å². The first-order chi connectivity index (χ1) is 11.4. The van der Waals surface area contributed by atoms with E-state index in [1.807, 2.05) is 0 Å². The van der Waals surface area contributed by atoms with Gasteiger partial charge in [0.05, 0.1) is 5.56 Å². The maximum absolute atomic E-state index is 12.7. The minimum atomic E-state index is -4.48. The summed E-state index contributed by atoms with van der Waals surface area (Å²) in [6.45, 7) is 0. The van der Waals surface area contributed by atoms with E-state index < -0.39 is 17.8 Å². The molecule has 2 aromatic heterocycles. The van der Waals surface area contributed by atoms with Crippen molar-refractivity contribution in [2.75, 3.05) is 5.32 Å². The number of pyridine rings is 1. The first-order valence-electron chi connectivity index (χ1n) is 6.88. The van der Waals surface area contributed by atoms with Crippen molar-refractivity contribution < 1.29 is 18.3 Å². The molecule has 0 saturated carbocycles. The van der Waals surface area contributed by atoms with Crippen LogP contribution in [0.3, 0.4) is 0 Å². The molecule has 0 aliphatic heterocycles. The summed E-state index contributed by atoms with van der Waals surface area (Å²) in [5, 5.41) is 19.5.